The van der Waals surface area contributed by atoms with E-state index in [-0.39, 0.29) is 0 Å². The monoisotopic (exact) mass is 393 g/mol. The lowest BCUT2D eigenvalue weighted by molar-refractivity contribution is 0.372. The molecule has 0 aliphatic carbocycles. The van der Waals surface area contributed by atoms with Crippen LogP contribution in [0.3, 0.4) is 0 Å². The van der Waals surface area contributed by atoms with E-state index < -0.39 is 0 Å². The minimum Gasteiger partial charge on any atom is -0.496 e. The molecule has 144 valence electrons. The van der Waals surface area contributed by atoms with Gasteiger partial charge in [0.25, 0.3) is 0 Å². The predicted octanol–water partition coefficient (Wildman–Crippen LogP) is 5.29. The summed E-state index contributed by atoms with van der Waals surface area (Å²) in [5, 5.41) is 1.54. The van der Waals surface area contributed by atoms with Crippen LogP contribution in [0.2, 0.25) is 5.02 Å². The van der Waals surface area contributed by atoms with E-state index in [0.29, 0.717) is 10.7 Å². The van der Waals surface area contributed by atoms with E-state index in [1.54, 1.807) is 7.11 Å². The SMILES string of the molecule is COc1cc(C)cc(C)c1-c1ccc2c(Cl)cc(C3=CCCN(C)C3)nc2n1. The Morgan fingerprint density at radius 3 is 2.61 bits per heavy atom. The van der Waals surface area contributed by atoms with Crippen molar-refractivity contribution in [3.05, 3.63) is 58.3 Å². The van der Waals surface area contributed by atoms with Gasteiger partial charge in [-0.05, 0) is 68.3 Å². The standard InChI is InChI=1S/C23H24ClN3O/c1-14-10-15(2)22(21(11-14)28-4)19-8-7-17-18(24)12-20(26-23(17)25-19)16-6-5-9-27(3)13-16/h6-8,10-12H,5,9,13H2,1-4H3. The van der Waals surface area contributed by atoms with E-state index in [1.807, 2.05) is 24.3 Å². The Kier molecular flexibility index (Phi) is 5.09. The van der Waals surface area contributed by atoms with Crippen molar-refractivity contribution in [3.63, 3.8) is 0 Å². The van der Waals surface area contributed by atoms with Crippen molar-refractivity contribution in [3.8, 4) is 17.0 Å². The highest BCUT2D eigenvalue weighted by Crippen LogP contribution is 2.35. The molecule has 1 aliphatic rings. The smallest absolute Gasteiger partial charge is 0.161 e. The molecule has 5 heteroatoms. The van der Waals surface area contributed by atoms with Gasteiger partial charge in [0, 0.05) is 24.0 Å². The van der Waals surface area contributed by atoms with Crippen molar-refractivity contribution in [2.45, 2.75) is 20.3 Å². The zero-order chi connectivity index (χ0) is 19.8. The third-order valence-electron chi connectivity index (χ3n) is 5.21. The highest BCUT2D eigenvalue weighted by atomic mass is 35.5. The summed E-state index contributed by atoms with van der Waals surface area (Å²) in [4.78, 5) is 12.0. The topological polar surface area (TPSA) is 38.2 Å². The van der Waals surface area contributed by atoms with E-state index in [4.69, 9.17) is 26.3 Å². The van der Waals surface area contributed by atoms with E-state index >= 15 is 0 Å². The number of hydrogen-bond donors (Lipinski definition) is 0. The summed E-state index contributed by atoms with van der Waals surface area (Å²) in [5.41, 5.74) is 6.90. The number of methoxy groups -OCH3 is 1. The Labute approximate surface area is 170 Å². The number of halogens is 1. The zero-order valence-electron chi connectivity index (χ0n) is 16.7. The first-order valence-electron chi connectivity index (χ1n) is 9.47. The molecule has 1 aromatic carbocycles. The fourth-order valence-electron chi connectivity index (χ4n) is 3.86. The number of pyridine rings is 2. The Morgan fingerprint density at radius 1 is 1.07 bits per heavy atom. The maximum atomic E-state index is 6.58. The number of aryl methyl sites for hydroxylation is 2. The number of benzene rings is 1. The van der Waals surface area contributed by atoms with Crippen LogP contribution in [0, 0.1) is 13.8 Å². The third kappa shape index (κ3) is 3.50. The van der Waals surface area contributed by atoms with Crippen LogP contribution in [0.1, 0.15) is 23.2 Å². The van der Waals surface area contributed by atoms with Crippen LogP contribution in [0.15, 0.2) is 36.4 Å². The van der Waals surface area contributed by atoms with Crippen molar-refractivity contribution in [2.24, 2.45) is 0 Å². The second-order valence-electron chi connectivity index (χ2n) is 7.47. The number of likely N-dealkylation sites (N-methyl/N-ethyl adjacent to an activating group) is 1. The van der Waals surface area contributed by atoms with Gasteiger partial charge in [-0.25, -0.2) is 9.97 Å². The van der Waals surface area contributed by atoms with Crippen molar-refractivity contribution < 1.29 is 4.74 Å². The first kappa shape index (κ1) is 18.9. The molecular weight excluding hydrogens is 370 g/mol. The van der Waals surface area contributed by atoms with Crippen LogP contribution in [0.5, 0.6) is 5.75 Å². The molecule has 0 spiro atoms. The number of hydrogen-bond acceptors (Lipinski definition) is 4. The number of aromatic nitrogens is 2. The van der Waals surface area contributed by atoms with Crippen LogP contribution >= 0.6 is 11.6 Å². The van der Waals surface area contributed by atoms with E-state index in [9.17, 15) is 0 Å². The lowest BCUT2D eigenvalue weighted by atomic mass is 10.0. The second kappa shape index (κ2) is 7.53. The molecular formula is C23H24ClN3O. The molecule has 3 heterocycles. The van der Waals surface area contributed by atoms with Crippen LogP contribution in [0.4, 0.5) is 0 Å². The number of nitrogens with zero attached hydrogens (tertiary/aromatic N) is 3. The molecule has 0 amide bonds. The van der Waals surface area contributed by atoms with Crippen LogP contribution in [0.25, 0.3) is 27.9 Å². The molecule has 0 bridgehead atoms. The fraction of sp³-hybridized carbons (Fsp3) is 0.304. The summed E-state index contributed by atoms with van der Waals surface area (Å²) < 4.78 is 5.63. The summed E-state index contributed by atoms with van der Waals surface area (Å²) in [7, 11) is 3.82. The van der Waals surface area contributed by atoms with Crippen molar-refractivity contribution in [2.75, 3.05) is 27.2 Å². The molecule has 4 rings (SSSR count). The lowest BCUT2D eigenvalue weighted by Crippen LogP contribution is -2.25. The van der Waals surface area contributed by atoms with Gasteiger partial charge in [-0.3, -0.25) is 0 Å². The molecule has 0 N–H and O–H groups in total. The van der Waals surface area contributed by atoms with Gasteiger partial charge in [0.2, 0.25) is 0 Å². The zero-order valence-corrected chi connectivity index (χ0v) is 17.5. The average Bonchev–Trinajstić information content (AvgIpc) is 2.66. The van der Waals surface area contributed by atoms with Gasteiger partial charge in [0.15, 0.2) is 5.65 Å². The summed E-state index contributed by atoms with van der Waals surface area (Å²) in [5.74, 6) is 0.822. The van der Waals surface area contributed by atoms with Crippen molar-refractivity contribution in [1.29, 1.82) is 0 Å². The maximum absolute atomic E-state index is 6.58. The average molecular weight is 394 g/mol. The molecule has 0 fully saturated rings. The second-order valence-corrected chi connectivity index (χ2v) is 7.88. The highest BCUT2D eigenvalue weighted by molar-refractivity contribution is 6.35. The van der Waals surface area contributed by atoms with Gasteiger partial charge in [-0.1, -0.05) is 23.7 Å². The minimum atomic E-state index is 0.663. The summed E-state index contributed by atoms with van der Waals surface area (Å²) in [6.07, 6.45) is 3.28. The quantitative estimate of drug-likeness (QED) is 0.605. The first-order valence-corrected chi connectivity index (χ1v) is 9.85. The molecule has 28 heavy (non-hydrogen) atoms. The molecule has 1 aliphatic heterocycles. The maximum Gasteiger partial charge on any atom is 0.161 e. The molecule has 0 radical (unpaired) electrons. The molecule has 0 unspecified atom stereocenters. The van der Waals surface area contributed by atoms with Crippen LogP contribution in [-0.4, -0.2) is 42.1 Å². The molecule has 0 saturated heterocycles. The summed E-state index contributed by atoms with van der Waals surface area (Å²) in [6.45, 7) is 6.09. The fourth-order valence-corrected chi connectivity index (χ4v) is 4.12. The first-order chi connectivity index (χ1) is 13.5. The molecule has 0 atom stereocenters. The van der Waals surface area contributed by atoms with Crippen molar-refractivity contribution >= 4 is 28.2 Å². The molecule has 2 aromatic heterocycles. The van der Waals surface area contributed by atoms with Gasteiger partial charge in [-0.15, -0.1) is 0 Å². The Morgan fingerprint density at radius 2 is 1.86 bits per heavy atom. The molecule has 0 saturated carbocycles. The van der Waals surface area contributed by atoms with Gasteiger partial charge < -0.3 is 9.64 Å². The van der Waals surface area contributed by atoms with E-state index in [0.717, 1.165) is 58.7 Å². The van der Waals surface area contributed by atoms with Gasteiger partial charge >= 0.3 is 0 Å². The van der Waals surface area contributed by atoms with E-state index in [2.05, 4.69) is 37.9 Å². The number of rotatable bonds is 3. The summed E-state index contributed by atoms with van der Waals surface area (Å²) in [6, 6.07) is 10.1. The lowest BCUT2D eigenvalue weighted by Gasteiger charge is -2.22. The molecule has 3 aromatic rings. The van der Waals surface area contributed by atoms with E-state index in [1.165, 1.54) is 5.57 Å². The highest BCUT2D eigenvalue weighted by Gasteiger charge is 2.16. The number of fused-ring (bicyclic) bond motifs is 1. The Bertz CT molecular complexity index is 1090. The Hall–Kier alpha value is -2.43. The Balaban J connectivity index is 1.86. The van der Waals surface area contributed by atoms with Gasteiger partial charge in [0.1, 0.15) is 5.75 Å². The van der Waals surface area contributed by atoms with Crippen LogP contribution in [-0.2, 0) is 0 Å². The summed E-state index contributed by atoms with van der Waals surface area (Å²) >= 11 is 6.58. The normalized spacial score (nSPS) is 15.0. The molecule has 4 nitrogen and oxygen atoms in total. The third-order valence-corrected chi connectivity index (χ3v) is 5.53. The van der Waals surface area contributed by atoms with Crippen LogP contribution < -0.4 is 4.74 Å². The van der Waals surface area contributed by atoms with Gasteiger partial charge in [0.05, 0.1) is 23.5 Å². The number of ether oxygens (including phenoxy) is 1. The largest absolute Gasteiger partial charge is 0.496 e. The van der Waals surface area contributed by atoms with Crippen molar-refractivity contribution in [1.82, 2.24) is 14.9 Å². The predicted molar refractivity (Wildman–Crippen MR) is 116 cm³/mol. The minimum absolute atomic E-state index is 0.663. The van der Waals surface area contributed by atoms with Gasteiger partial charge in [-0.2, -0.15) is 0 Å².